The predicted octanol–water partition coefficient (Wildman–Crippen LogP) is 2.22. The summed E-state index contributed by atoms with van der Waals surface area (Å²) in [5, 5.41) is 4.95. The monoisotopic (exact) mass is 241 g/mol. The quantitative estimate of drug-likeness (QED) is 0.709. The fourth-order valence-corrected chi connectivity index (χ4v) is 2.16. The Morgan fingerprint density at radius 3 is 3.06 bits per heavy atom. The van der Waals surface area contributed by atoms with Gasteiger partial charge >= 0.3 is 0 Å². The number of methoxy groups -OCH3 is 1. The van der Waals surface area contributed by atoms with Crippen LogP contribution >= 0.6 is 11.3 Å². The van der Waals surface area contributed by atoms with Gasteiger partial charge in [-0.05, 0) is 30.7 Å². The lowest BCUT2D eigenvalue weighted by atomic mass is 10.2. The molecule has 0 spiro atoms. The number of ether oxygens (including phenoxy) is 1. The molecule has 0 saturated heterocycles. The van der Waals surface area contributed by atoms with Gasteiger partial charge in [0.1, 0.15) is 0 Å². The second kappa shape index (κ2) is 8.30. The van der Waals surface area contributed by atoms with Crippen molar-refractivity contribution < 1.29 is 9.53 Å². The molecule has 0 atom stereocenters. The molecule has 0 aliphatic heterocycles. The Morgan fingerprint density at radius 1 is 1.50 bits per heavy atom. The highest BCUT2D eigenvalue weighted by Crippen LogP contribution is 2.11. The zero-order valence-corrected chi connectivity index (χ0v) is 10.5. The predicted molar refractivity (Wildman–Crippen MR) is 66.8 cm³/mol. The molecule has 0 saturated carbocycles. The SMILES string of the molecule is COCCCNC(=O)CCCc1cccs1. The van der Waals surface area contributed by atoms with E-state index in [1.54, 1.807) is 18.4 Å². The number of carbonyl (C=O) groups is 1. The van der Waals surface area contributed by atoms with Crippen LogP contribution in [-0.4, -0.2) is 26.2 Å². The number of hydrogen-bond acceptors (Lipinski definition) is 3. The second-order valence-electron chi connectivity index (χ2n) is 3.63. The highest BCUT2D eigenvalue weighted by molar-refractivity contribution is 7.09. The first-order chi connectivity index (χ1) is 7.83. The first-order valence-corrected chi connectivity index (χ1v) is 6.49. The summed E-state index contributed by atoms with van der Waals surface area (Å²) in [6.07, 6.45) is 3.43. The molecular weight excluding hydrogens is 222 g/mol. The van der Waals surface area contributed by atoms with E-state index in [1.165, 1.54) is 4.88 Å². The van der Waals surface area contributed by atoms with Crippen molar-refractivity contribution in [2.75, 3.05) is 20.3 Å². The summed E-state index contributed by atoms with van der Waals surface area (Å²) in [6, 6.07) is 4.16. The van der Waals surface area contributed by atoms with Crippen LogP contribution in [0.3, 0.4) is 0 Å². The summed E-state index contributed by atoms with van der Waals surface area (Å²) < 4.78 is 4.90. The summed E-state index contributed by atoms with van der Waals surface area (Å²) in [7, 11) is 1.67. The lowest BCUT2D eigenvalue weighted by Crippen LogP contribution is -2.24. The zero-order chi connectivity index (χ0) is 11.6. The fourth-order valence-electron chi connectivity index (χ4n) is 1.41. The van der Waals surface area contributed by atoms with Crippen LogP contribution in [0.5, 0.6) is 0 Å². The minimum atomic E-state index is 0.146. The summed E-state index contributed by atoms with van der Waals surface area (Å²) in [5.74, 6) is 0.146. The molecule has 90 valence electrons. The smallest absolute Gasteiger partial charge is 0.220 e. The van der Waals surface area contributed by atoms with Gasteiger partial charge in [-0.3, -0.25) is 4.79 Å². The van der Waals surface area contributed by atoms with Gasteiger partial charge in [0.15, 0.2) is 0 Å². The van der Waals surface area contributed by atoms with Crippen molar-refractivity contribution in [1.82, 2.24) is 5.32 Å². The minimum absolute atomic E-state index is 0.146. The number of nitrogens with one attached hydrogen (secondary N) is 1. The topological polar surface area (TPSA) is 38.3 Å². The standard InChI is InChI=1S/C12H19NO2S/c1-15-9-4-8-13-12(14)7-2-5-11-6-3-10-16-11/h3,6,10H,2,4-5,7-9H2,1H3,(H,13,14). The third-order valence-electron chi connectivity index (χ3n) is 2.25. The maximum atomic E-state index is 11.4. The van der Waals surface area contributed by atoms with Crippen molar-refractivity contribution in [2.24, 2.45) is 0 Å². The lowest BCUT2D eigenvalue weighted by molar-refractivity contribution is -0.121. The summed E-state index contributed by atoms with van der Waals surface area (Å²) >= 11 is 1.75. The van der Waals surface area contributed by atoms with Crippen LogP contribution in [-0.2, 0) is 16.0 Å². The molecule has 16 heavy (non-hydrogen) atoms. The van der Waals surface area contributed by atoms with Crippen LogP contribution in [0.2, 0.25) is 0 Å². The molecule has 1 aromatic heterocycles. The van der Waals surface area contributed by atoms with E-state index in [-0.39, 0.29) is 5.91 Å². The van der Waals surface area contributed by atoms with Gasteiger partial charge in [-0.25, -0.2) is 0 Å². The van der Waals surface area contributed by atoms with Gasteiger partial charge in [0.05, 0.1) is 0 Å². The van der Waals surface area contributed by atoms with Crippen LogP contribution < -0.4 is 5.32 Å². The van der Waals surface area contributed by atoms with Crippen LogP contribution in [0.4, 0.5) is 0 Å². The van der Waals surface area contributed by atoms with E-state index >= 15 is 0 Å². The van der Waals surface area contributed by atoms with Crippen LogP contribution in [0.1, 0.15) is 24.1 Å². The first kappa shape index (κ1) is 13.2. The Morgan fingerprint density at radius 2 is 2.38 bits per heavy atom. The highest BCUT2D eigenvalue weighted by Gasteiger charge is 2.01. The molecule has 1 rings (SSSR count). The van der Waals surface area contributed by atoms with E-state index in [2.05, 4.69) is 16.8 Å². The zero-order valence-electron chi connectivity index (χ0n) is 9.70. The fraction of sp³-hybridized carbons (Fsp3) is 0.583. The van der Waals surface area contributed by atoms with Crippen molar-refractivity contribution in [3.63, 3.8) is 0 Å². The van der Waals surface area contributed by atoms with Gasteiger partial charge in [-0.15, -0.1) is 11.3 Å². The molecule has 0 aromatic carbocycles. The first-order valence-electron chi connectivity index (χ1n) is 5.61. The van der Waals surface area contributed by atoms with Gasteiger partial charge in [-0.1, -0.05) is 6.07 Å². The average molecular weight is 241 g/mol. The Kier molecular flexibility index (Phi) is 6.85. The third-order valence-corrected chi connectivity index (χ3v) is 3.19. The Hall–Kier alpha value is -0.870. The summed E-state index contributed by atoms with van der Waals surface area (Å²) in [5.41, 5.74) is 0. The molecule has 1 N–H and O–H groups in total. The van der Waals surface area contributed by atoms with Crippen molar-refractivity contribution in [2.45, 2.75) is 25.7 Å². The van der Waals surface area contributed by atoms with E-state index in [0.717, 1.165) is 19.3 Å². The normalized spacial score (nSPS) is 10.3. The molecule has 0 unspecified atom stereocenters. The third kappa shape index (κ3) is 5.88. The van der Waals surface area contributed by atoms with Crippen molar-refractivity contribution in [1.29, 1.82) is 0 Å². The summed E-state index contributed by atoms with van der Waals surface area (Å²) in [4.78, 5) is 12.7. The Bertz CT molecular complexity index is 285. The maximum absolute atomic E-state index is 11.4. The Balaban J connectivity index is 1.98. The molecule has 0 bridgehead atoms. The van der Waals surface area contributed by atoms with Crippen molar-refractivity contribution >= 4 is 17.2 Å². The van der Waals surface area contributed by atoms with E-state index < -0.39 is 0 Å². The van der Waals surface area contributed by atoms with Gasteiger partial charge in [-0.2, -0.15) is 0 Å². The van der Waals surface area contributed by atoms with Crippen molar-refractivity contribution in [3.05, 3.63) is 22.4 Å². The van der Waals surface area contributed by atoms with E-state index in [4.69, 9.17) is 4.74 Å². The van der Waals surface area contributed by atoms with Gasteiger partial charge in [0, 0.05) is 31.6 Å². The number of thiophene rings is 1. The van der Waals surface area contributed by atoms with Crippen LogP contribution in [0, 0.1) is 0 Å². The maximum Gasteiger partial charge on any atom is 0.220 e. The number of amides is 1. The van der Waals surface area contributed by atoms with E-state index in [1.807, 2.05) is 6.07 Å². The van der Waals surface area contributed by atoms with Crippen molar-refractivity contribution in [3.8, 4) is 0 Å². The molecule has 0 radical (unpaired) electrons. The van der Waals surface area contributed by atoms with Gasteiger partial charge in [0.2, 0.25) is 5.91 Å². The van der Waals surface area contributed by atoms with Gasteiger partial charge < -0.3 is 10.1 Å². The number of hydrogen-bond donors (Lipinski definition) is 1. The average Bonchev–Trinajstić information content (AvgIpc) is 2.77. The van der Waals surface area contributed by atoms with Crippen LogP contribution in [0.25, 0.3) is 0 Å². The van der Waals surface area contributed by atoms with E-state index in [0.29, 0.717) is 19.6 Å². The largest absolute Gasteiger partial charge is 0.385 e. The molecule has 4 heteroatoms. The number of rotatable bonds is 8. The molecule has 1 aromatic rings. The molecular formula is C12H19NO2S. The Labute approximate surface area is 101 Å². The summed E-state index contributed by atoms with van der Waals surface area (Å²) in [6.45, 7) is 1.42. The molecule has 3 nitrogen and oxygen atoms in total. The lowest BCUT2D eigenvalue weighted by Gasteiger charge is -2.04. The van der Waals surface area contributed by atoms with Gasteiger partial charge in [0.25, 0.3) is 0 Å². The molecule has 1 amide bonds. The number of carbonyl (C=O) groups excluding carboxylic acids is 1. The van der Waals surface area contributed by atoms with Crippen LogP contribution in [0.15, 0.2) is 17.5 Å². The molecule has 1 heterocycles. The molecule has 0 fully saturated rings. The second-order valence-corrected chi connectivity index (χ2v) is 4.66. The molecule has 0 aliphatic carbocycles. The number of aryl methyl sites for hydroxylation is 1. The minimum Gasteiger partial charge on any atom is -0.385 e. The van der Waals surface area contributed by atoms with E-state index in [9.17, 15) is 4.79 Å². The highest BCUT2D eigenvalue weighted by atomic mass is 32.1. The molecule has 0 aliphatic rings.